The number of hydrogen-bond acceptors (Lipinski definition) is 4. The molecule has 0 saturated carbocycles. The van der Waals surface area contributed by atoms with Crippen LogP contribution in [0.4, 0.5) is 0 Å². The molecular weight excluding hydrogens is 334 g/mol. The number of carbonyl (C=O) groups excluding carboxylic acids is 1. The maximum absolute atomic E-state index is 12.4. The van der Waals surface area contributed by atoms with E-state index >= 15 is 0 Å². The van der Waals surface area contributed by atoms with Crippen molar-refractivity contribution in [3.63, 3.8) is 0 Å². The van der Waals surface area contributed by atoms with Crippen LogP contribution in [0.5, 0.6) is 0 Å². The third-order valence-electron chi connectivity index (χ3n) is 3.12. The maximum atomic E-state index is 12.4. The second-order valence-electron chi connectivity index (χ2n) is 4.33. The molecule has 0 radical (unpaired) electrons. The van der Waals surface area contributed by atoms with E-state index in [1.807, 2.05) is 0 Å². The molecule has 0 aliphatic carbocycles. The molecule has 0 spiro atoms. The van der Waals surface area contributed by atoms with Gasteiger partial charge < -0.3 is 4.74 Å². The van der Waals surface area contributed by atoms with Gasteiger partial charge in [-0.25, -0.2) is 8.42 Å². The Hall–Kier alpha value is -0.920. The van der Waals surface area contributed by atoms with E-state index in [0.29, 0.717) is 17.4 Å². The van der Waals surface area contributed by atoms with E-state index < -0.39 is 10.0 Å². The van der Waals surface area contributed by atoms with E-state index in [-0.39, 0.29) is 23.3 Å². The van der Waals surface area contributed by atoms with Crippen molar-refractivity contribution in [2.24, 2.45) is 5.92 Å². The lowest BCUT2D eigenvalue weighted by Crippen LogP contribution is -2.30. The molecule has 1 fully saturated rings. The van der Waals surface area contributed by atoms with Gasteiger partial charge in [0.2, 0.25) is 10.0 Å². The number of ether oxygens (including phenoxy) is 1. The minimum atomic E-state index is -3.54. The molecule has 104 valence electrons. The monoisotopic (exact) mass is 347 g/mol. The van der Waals surface area contributed by atoms with Crippen molar-refractivity contribution in [3.05, 3.63) is 28.7 Å². The number of benzene rings is 1. The summed E-state index contributed by atoms with van der Waals surface area (Å²) in [5.41, 5.74) is 0. The van der Waals surface area contributed by atoms with Crippen LogP contribution < -0.4 is 0 Å². The number of halogens is 1. The van der Waals surface area contributed by atoms with Gasteiger partial charge in [0.1, 0.15) is 0 Å². The van der Waals surface area contributed by atoms with Crippen molar-refractivity contribution in [2.75, 3.05) is 20.2 Å². The lowest BCUT2D eigenvalue weighted by Gasteiger charge is -2.16. The Balaban J connectivity index is 2.21. The van der Waals surface area contributed by atoms with Crippen molar-refractivity contribution in [3.8, 4) is 0 Å². The summed E-state index contributed by atoms with van der Waals surface area (Å²) in [5, 5.41) is 0. The Morgan fingerprint density at radius 2 is 2.21 bits per heavy atom. The molecular formula is C12H14BrNO4S. The predicted octanol–water partition coefficient (Wildman–Crippen LogP) is 1.63. The molecule has 0 aromatic heterocycles. The van der Waals surface area contributed by atoms with Crippen LogP contribution in [0.3, 0.4) is 0 Å². The predicted molar refractivity (Wildman–Crippen MR) is 73.0 cm³/mol. The third-order valence-corrected chi connectivity index (χ3v) is 5.47. The quantitative estimate of drug-likeness (QED) is 0.779. The number of nitrogens with zero attached hydrogens (tertiary/aromatic N) is 1. The summed E-state index contributed by atoms with van der Waals surface area (Å²) >= 11 is 3.25. The van der Waals surface area contributed by atoms with Gasteiger partial charge in [-0.05, 0) is 24.6 Å². The largest absolute Gasteiger partial charge is 0.469 e. The molecule has 1 heterocycles. The van der Waals surface area contributed by atoms with E-state index in [9.17, 15) is 13.2 Å². The summed E-state index contributed by atoms with van der Waals surface area (Å²) in [4.78, 5) is 11.7. The van der Waals surface area contributed by atoms with Gasteiger partial charge in [-0.2, -0.15) is 4.31 Å². The van der Waals surface area contributed by atoms with E-state index in [2.05, 4.69) is 20.7 Å². The molecule has 1 aliphatic rings. The first kappa shape index (κ1) is 14.5. The lowest BCUT2D eigenvalue weighted by atomic mass is 10.1. The summed E-state index contributed by atoms with van der Waals surface area (Å²) in [7, 11) is -2.23. The lowest BCUT2D eigenvalue weighted by molar-refractivity contribution is -0.144. The van der Waals surface area contributed by atoms with Crippen molar-refractivity contribution in [1.82, 2.24) is 4.31 Å². The fourth-order valence-electron chi connectivity index (χ4n) is 2.08. The average Bonchev–Trinajstić information content (AvgIpc) is 2.88. The van der Waals surface area contributed by atoms with Gasteiger partial charge in [-0.1, -0.05) is 22.0 Å². The first-order valence-electron chi connectivity index (χ1n) is 5.78. The van der Waals surface area contributed by atoms with Crippen LogP contribution in [0.2, 0.25) is 0 Å². The van der Waals surface area contributed by atoms with E-state index in [1.165, 1.54) is 11.4 Å². The second kappa shape index (κ2) is 5.60. The topological polar surface area (TPSA) is 63.7 Å². The minimum Gasteiger partial charge on any atom is -0.469 e. The minimum absolute atomic E-state index is 0.182. The molecule has 2 rings (SSSR count). The molecule has 1 aromatic carbocycles. The molecule has 5 nitrogen and oxygen atoms in total. The molecule has 1 aromatic rings. The van der Waals surface area contributed by atoms with Crippen LogP contribution in [-0.4, -0.2) is 38.9 Å². The molecule has 7 heteroatoms. The zero-order valence-corrected chi connectivity index (χ0v) is 12.8. The normalized spacial score (nSPS) is 20.4. The SMILES string of the molecule is COC(=O)C1CCN(S(=O)(=O)c2cccc(Br)c2)C1. The number of esters is 1. The zero-order valence-electron chi connectivity index (χ0n) is 10.4. The molecule has 19 heavy (non-hydrogen) atoms. The number of rotatable bonds is 3. The third kappa shape index (κ3) is 2.98. The number of hydrogen-bond donors (Lipinski definition) is 0. The molecule has 1 atom stereocenters. The van der Waals surface area contributed by atoms with Gasteiger partial charge in [0.25, 0.3) is 0 Å². The maximum Gasteiger partial charge on any atom is 0.310 e. The number of sulfonamides is 1. The highest BCUT2D eigenvalue weighted by molar-refractivity contribution is 9.10. The highest BCUT2D eigenvalue weighted by Crippen LogP contribution is 2.26. The molecule has 1 saturated heterocycles. The van der Waals surface area contributed by atoms with Gasteiger partial charge in [0.15, 0.2) is 0 Å². The summed E-state index contributed by atoms with van der Waals surface area (Å²) in [6, 6.07) is 6.54. The van der Waals surface area contributed by atoms with Gasteiger partial charge >= 0.3 is 5.97 Å². The van der Waals surface area contributed by atoms with Gasteiger partial charge in [0.05, 0.1) is 17.9 Å². The van der Waals surface area contributed by atoms with Crippen molar-refractivity contribution in [2.45, 2.75) is 11.3 Å². The van der Waals surface area contributed by atoms with Crippen molar-refractivity contribution < 1.29 is 17.9 Å². The van der Waals surface area contributed by atoms with Crippen LogP contribution in [0.15, 0.2) is 33.6 Å². The van der Waals surface area contributed by atoms with Crippen molar-refractivity contribution >= 4 is 31.9 Å². The summed E-state index contributed by atoms with van der Waals surface area (Å²) < 4.78 is 31.5. The van der Waals surface area contributed by atoms with E-state index in [0.717, 1.165) is 0 Å². The first-order valence-corrected chi connectivity index (χ1v) is 8.02. The smallest absolute Gasteiger partial charge is 0.310 e. The Morgan fingerprint density at radius 1 is 1.47 bits per heavy atom. The number of methoxy groups -OCH3 is 1. The Morgan fingerprint density at radius 3 is 2.84 bits per heavy atom. The van der Waals surface area contributed by atoms with E-state index in [4.69, 9.17) is 0 Å². The summed E-state index contributed by atoms with van der Waals surface area (Å²) in [5.74, 6) is -0.723. The van der Waals surface area contributed by atoms with Gasteiger partial charge in [-0.3, -0.25) is 4.79 Å². The zero-order chi connectivity index (χ0) is 14.0. The molecule has 0 bridgehead atoms. The highest BCUT2D eigenvalue weighted by atomic mass is 79.9. The molecule has 1 unspecified atom stereocenters. The molecule has 0 N–H and O–H groups in total. The standard InChI is InChI=1S/C12H14BrNO4S/c1-18-12(15)9-5-6-14(8-9)19(16,17)11-4-2-3-10(13)7-11/h2-4,7,9H,5-6,8H2,1H3. The van der Waals surface area contributed by atoms with Gasteiger partial charge in [0, 0.05) is 17.6 Å². The van der Waals surface area contributed by atoms with Crippen LogP contribution >= 0.6 is 15.9 Å². The van der Waals surface area contributed by atoms with E-state index in [1.54, 1.807) is 24.3 Å². The fraction of sp³-hybridized carbons (Fsp3) is 0.417. The average molecular weight is 348 g/mol. The first-order chi connectivity index (χ1) is 8.95. The van der Waals surface area contributed by atoms with Crippen LogP contribution in [0.25, 0.3) is 0 Å². The highest BCUT2D eigenvalue weighted by Gasteiger charge is 2.36. The second-order valence-corrected chi connectivity index (χ2v) is 7.18. The van der Waals surface area contributed by atoms with Crippen LogP contribution in [-0.2, 0) is 19.6 Å². The Labute approximate surface area is 120 Å². The Bertz CT molecular complexity index is 587. The number of carbonyl (C=O) groups is 1. The van der Waals surface area contributed by atoms with Crippen LogP contribution in [0.1, 0.15) is 6.42 Å². The Kier molecular flexibility index (Phi) is 4.27. The molecule has 1 aliphatic heterocycles. The molecule has 0 amide bonds. The summed E-state index contributed by atoms with van der Waals surface area (Å²) in [6.45, 7) is 0.524. The van der Waals surface area contributed by atoms with Gasteiger partial charge in [-0.15, -0.1) is 0 Å². The van der Waals surface area contributed by atoms with Crippen LogP contribution in [0, 0.1) is 5.92 Å². The van der Waals surface area contributed by atoms with Crippen molar-refractivity contribution in [1.29, 1.82) is 0 Å². The fourth-order valence-corrected chi connectivity index (χ4v) is 4.18. The summed E-state index contributed by atoms with van der Waals surface area (Å²) in [6.07, 6.45) is 0.500.